The fourth-order valence-corrected chi connectivity index (χ4v) is 2.57. The number of nitrogens with zero attached hydrogens (tertiary/aromatic N) is 3. The second kappa shape index (κ2) is 10.1. The molecule has 0 bridgehead atoms. The molecule has 168 valence electrons. The topological polar surface area (TPSA) is 96.6 Å². The molecule has 1 heterocycles. The van der Waals surface area contributed by atoms with Gasteiger partial charge in [0.05, 0.1) is 27.5 Å². The first-order valence-electron chi connectivity index (χ1n) is 8.64. The molecule has 0 radical (unpaired) electrons. The van der Waals surface area contributed by atoms with Crippen molar-refractivity contribution in [2.75, 3.05) is 29.0 Å². The first-order chi connectivity index (χ1) is 15.0. The van der Waals surface area contributed by atoms with E-state index in [0.717, 1.165) is 30.5 Å². The molecule has 2 aromatic rings. The molecule has 0 aliphatic rings. The summed E-state index contributed by atoms with van der Waals surface area (Å²) in [6, 6.07) is 6.65. The van der Waals surface area contributed by atoms with Crippen LogP contribution in [0.4, 0.5) is 43.5 Å². The van der Waals surface area contributed by atoms with E-state index in [-0.39, 0.29) is 40.9 Å². The number of aromatic nitrogens is 1. The normalized spacial score (nSPS) is 11.2. The van der Waals surface area contributed by atoms with Crippen LogP contribution in [0.1, 0.15) is 11.1 Å². The highest BCUT2D eigenvalue weighted by Gasteiger charge is 2.32. The largest absolute Gasteiger partial charge is 0.417 e. The number of benzene rings is 1. The van der Waals surface area contributed by atoms with Crippen molar-refractivity contribution in [3.8, 4) is 12.1 Å². The molecule has 0 amide bonds. The molecule has 32 heavy (non-hydrogen) atoms. The quantitative estimate of drug-likeness (QED) is 0.273. The third-order valence-electron chi connectivity index (χ3n) is 3.86. The van der Waals surface area contributed by atoms with Crippen molar-refractivity contribution in [1.29, 1.82) is 10.5 Å². The summed E-state index contributed by atoms with van der Waals surface area (Å²) in [5, 5.41) is 25.3. The van der Waals surface area contributed by atoms with E-state index >= 15 is 0 Å². The van der Waals surface area contributed by atoms with Crippen LogP contribution in [-0.2, 0) is 12.4 Å². The van der Waals surface area contributed by atoms with Crippen LogP contribution in [-0.4, -0.2) is 18.1 Å². The summed E-state index contributed by atoms with van der Waals surface area (Å²) < 4.78 is 76.9. The van der Waals surface area contributed by atoms with Gasteiger partial charge in [0.1, 0.15) is 23.5 Å². The van der Waals surface area contributed by atoms with E-state index in [9.17, 15) is 26.3 Å². The van der Waals surface area contributed by atoms with Crippen LogP contribution in [0.15, 0.2) is 42.2 Å². The molecule has 13 heteroatoms. The van der Waals surface area contributed by atoms with Crippen molar-refractivity contribution < 1.29 is 26.3 Å². The van der Waals surface area contributed by atoms with Crippen LogP contribution in [0.5, 0.6) is 0 Å². The molecule has 1 aromatic heterocycles. The minimum absolute atomic E-state index is 0.00264. The number of alkyl halides is 6. The summed E-state index contributed by atoms with van der Waals surface area (Å²) in [4.78, 5) is 3.62. The predicted molar refractivity (Wildman–Crippen MR) is 106 cm³/mol. The van der Waals surface area contributed by atoms with Gasteiger partial charge in [0.2, 0.25) is 0 Å². The zero-order valence-electron chi connectivity index (χ0n) is 15.9. The van der Waals surface area contributed by atoms with E-state index < -0.39 is 23.5 Å². The molecule has 0 saturated heterocycles. The summed E-state index contributed by atoms with van der Waals surface area (Å²) >= 11 is 5.79. The van der Waals surface area contributed by atoms with E-state index in [1.807, 2.05) is 0 Å². The lowest BCUT2D eigenvalue weighted by Gasteiger charge is -2.16. The Morgan fingerprint density at radius 1 is 0.938 bits per heavy atom. The van der Waals surface area contributed by atoms with Gasteiger partial charge in [0.15, 0.2) is 0 Å². The lowest BCUT2D eigenvalue weighted by Crippen LogP contribution is -2.16. The second-order valence-electron chi connectivity index (χ2n) is 6.09. The van der Waals surface area contributed by atoms with Crippen molar-refractivity contribution in [2.45, 2.75) is 12.4 Å². The van der Waals surface area contributed by atoms with Crippen molar-refractivity contribution in [3.05, 3.63) is 58.4 Å². The molecule has 0 fully saturated rings. The van der Waals surface area contributed by atoms with Crippen molar-refractivity contribution in [3.63, 3.8) is 0 Å². The molecular formula is C19H13ClF6N6. The number of anilines is 3. The van der Waals surface area contributed by atoms with E-state index in [0.29, 0.717) is 6.20 Å². The zero-order chi connectivity index (χ0) is 23.9. The summed E-state index contributed by atoms with van der Waals surface area (Å²) in [5.74, 6) is 0.00264. The predicted octanol–water partition coefficient (Wildman–Crippen LogP) is 5.64. The molecule has 0 aliphatic heterocycles. The highest BCUT2D eigenvalue weighted by atomic mass is 35.5. The van der Waals surface area contributed by atoms with Gasteiger partial charge in [0.25, 0.3) is 0 Å². The van der Waals surface area contributed by atoms with Gasteiger partial charge in [-0.2, -0.15) is 36.9 Å². The number of nitrogens with one attached hydrogen (secondary N) is 3. The summed E-state index contributed by atoms with van der Waals surface area (Å²) in [5.41, 5.74) is -2.13. The molecule has 0 spiro atoms. The number of nitriles is 2. The van der Waals surface area contributed by atoms with Gasteiger partial charge in [-0.25, -0.2) is 4.98 Å². The Morgan fingerprint density at radius 3 is 2.12 bits per heavy atom. The number of pyridine rings is 1. The van der Waals surface area contributed by atoms with Gasteiger partial charge in [-0.05, 0) is 24.3 Å². The molecule has 0 atom stereocenters. The first kappa shape index (κ1) is 24.6. The van der Waals surface area contributed by atoms with Crippen LogP contribution >= 0.6 is 11.6 Å². The van der Waals surface area contributed by atoms with Gasteiger partial charge < -0.3 is 16.0 Å². The minimum Gasteiger partial charge on any atom is -0.382 e. The molecule has 2 rings (SSSR count). The van der Waals surface area contributed by atoms with Crippen LogP contribution < -0.4 is 16.0 Å². The Morgan fingerprint density at radius 2 is 1.56 bits per heavy atom. The Bertz CT molecular complexity index is 1070. The standard InChI is InChI=1S/C19H13ClF6N6/c20-14-5-13(19(24,25)26)10-32-17(14)30-4-3-29-15-2-1-12(18(21,22)23)6-16(15)31-9-11(7-27)8-28/h1-2,5-6,9-10,29,31H,3-4H2,(H,30,32). The average Bonchev–Trinajstić information content (AvgIpc) is 2.72. The third-order valence-corrected chi connectivity index (χ3v) is 4.15. The molecule has 0 saturated carbocycles. The number of rotatable bonds is 7. The van der Waals surface area contributed by atoms with Crippen molar-refractivity contribution >= 4 is 28.8 Å². The van der Waals surface area contributed by atoms with E-state index in [1.54, 1.807) is 12.1 Å². The molecule has 1 aromatic carbocycles. The molecular weight excluding hydrogens is 462 g/mol. The zero-order valence-corrected chi connectivity index (χ0v) is 16.6. The summed E-state index contributed by atoms with van der Waals surface area (Å²) in [7, 11) is 0. The summed E-state index contributed by atoms with van der Waals surface area (Å²) in [6.07, 6.45) is -7.62. The van der Waals surface area contributed by atoms with Crippen LogP contribution in [0, 0.1) is 22.7 Å². The minimum atomic E-state index is -4.61. The summed E-state index contributed by atoms with van der Waals surface area (Å²) in [6.45, 7) is 0.224. The van der Waals surface area contributed by atoms with Gasteiger partial charge in [-0.1, -0.05) is 11.6 Å². The van der Waals surface area contributed by atoms with Gasteiger partial charge >= 0.3 is 12.4 Å². The van der Waals surface area contributed by atoms with Crippen molar-refractivity contribution in [2.24, 2.45) is 0 Å². The SMILES string of the molecule is N#CC(C#N)=CNc1cc(C(F)(F)F)ccc1NCCNc1ncc(C(F)(F)F)cc1Cl. The van der Waals surface area contributed by atoms with E-state index in [1.165, 1.54) is 0 Å². The maximum Gasteiger partial charge on any atom is 0.417 e. The maximum absolute atomic E-state index is 13.0. The van der Waals surface area contributed by atoms with Gasteiger partial charge in [0, 0.05) is 25.5 Å². The fourth-order valence-electron chi connectivity index (χ4n) is 2.33. The first-order valence-corrected chi connectivity index (χ1v) is 9.02. The highest BCUT2D eigenvalue weighted by molar-refractivity contribution is 6.32. The van der Waals surface area contributed by atoms with Crippen molar-refractivity contribution in [1.82, 2.24) is 4.98 Å². The maximum atomic E-state index is 13.0. The number of halogens is 7. The average molecular weight is 475 g/mol. The number of hydrogen-bond donors (Lipinski definition) is 3. The number of allylic oxidation sites excluding steroid dienone is 1. The molecule has 0 unspecified atom stereocenters. The smallest absolute Gasteiger partial charge is 0.382 e. The van der Waals surface area contributed by atoms with Crippen LogP contribution in [0.3, 0.4) is 0 Å². The Labute approximate surface area is 183 Å². The van der Waals surface area contributed by atoms with Crippen LogP contribution in [0.25, 0.3) is 0 Å². The number of hydrogen-bond acceptors (Lipinski definition) is 6. The fraction of sp³-hybridized carbons (Fsp3) is 0.211. The third kappa shape index (κ3) is 6.68. The van der Waals surface area contributed by atoms with Gasteiger partial charge in [-0.3, -0.25) is 0 Å². The highest BCUT2D eigenvalue weighted by Crippen LogP contribution is 2.34. The van der Waals surface area contributed by atoms with Gasteiger partial charge in [-0.15, -0.1) is 0 Å². The molecule has 3 N–H and O–H groups in total. The lowest BCUT2D eigenvalue weighted by atomic mass is 10.1. The molecule has 6 nitrogen and oxygen atoms in total. The van der Waals surface area contributed by atoms with E-state index in [2.05, 4.69) is 20.9 Å². The Balaban J connectivity index is 2.10. The lowest BCUT2D eigenvalue weighted by molar-refractivity contribution is -0.138. The Hall–Kier alpha value is -3.64. The second-order valence-corrected chi connectivity index (χ2v) is 6.50. The molecule has 0 aliphatic carbocycles. The van der Waals surface area contributed by atoms with E-state index in [4.69, 9.17) is 22.1 Å². The monoisotopic (exact) mass is 474 g/mol. The van der Waals surface area contributed by atoms with Crippen LogP contribution in [0.2, 0.25) is 5.02 Å². The Kier molecular flexibility index (Phi) is 7.78.